The molecule has 0 aliphatic carbocycles. The average Bonchev–Trinajstić information content (AvgIpc) is 3.42. The minimum atomic E-state index is 0.0688. The summed E-state index contributed by atoms with van der Waals surface area (Å²) < 4.78 is 2.01. The molecule has 0 fully saturated rings. The number of nitrogens with zero attached hydrogens (tertiary/aromatic N) is 5. The van der Waals surface area contributed by atoms with E-state index >= 15 is 0 Å². The normalized spacial score (nSPS) is 11.6. The number of aryl methyl sites for hydroxylation is 1. The van der Waals surface area contributed by atoms with Crippen molar-refractivity contribution in [3.8, 4) is 11.3 Å². The number of hydrogen-bond donors (Lipinski definition) is 4. The van der Waals surface area contributed by atoms with Gasteiger partial charge in [0.1, 0.15) is 0 Å². The summed E-state index contributed by atoms with van der Waals surface area (Å²) in [5.74, 6) is 0.690. The fourth-order valence-corrected chi connectivity index (χ4v) is 4.04. The number of imidazole rings is 1. The van der Waals surface area contributed by atoms with Crippen LogP contribution in [0.25, 0.3) is 16.9 Å². The molecule has 4 aromatic heterocycles. The molecule has 0 spiro atoms. The van der Waals surface area contributed by atoms with Gasteiger partial charge in [-0.15, -0.1) is 11.3 Å². The Kier molecular flexibility index (Phi) is 5.86. The van der Waals surface area contributed by atoms with Crippen molar-refractivity contribution in [2.24, 2.45) is 0 Å². The Hall–Kier alpha value is -2.79. The van der Waals surface area contributed by atoms with E-state index < -0.39 is 0 Å². The van der Waals surface area contributed by atoms with Crippen LogP contribution in [-0.2, 0) is 6.54 Å². The van der Waals surface area contributed by atoms with Gasteiger partial charge in [0.05, 0.1) is 42.0 Å². The highest BCUT2D eigenvalue weighted by Gasteiger charge is 2.14. The molecule has 0 atom stereocenters. The Labute approximate surface area is 171 Å². The molecule has 4 N–H and O–H groups in total. The van der Waals surface area contributed by atoms with E-state index in [2.05, 4.69) is 36.9 Å². The van der Waals surface area contributed by atoms with Crippen molar-refractivity contribution in [3.05, 3.63) is 47.5 Å². The molecule has 0 aromatic carbocycles. The van der Waals surface area contributed by atoms with Crippen molar-refractivity contribution in [3.63, 3.8) is 0 Å². The predicted molar refractivity (Wildman–Crippen MR) is 112 cm³/mol. The van der Waals surface area contributed by atoms with Gasteiger partial charge in [0, 0.05) is 37.6 Å². The Balaban J connectivity index is 1.58. The van der Waals surface area contributed by atoms with Gasteiger partial charge in [-0.1, -0.05) is 0 Å². The molecule has 0 saturated heterocycles. The lowest BCUT2D eigenvalue weighted by molar-refractivity contribution is 0.156. The predicted octanol–water partition coefficient (Wildman–Crippen LogP) is 2.02. The number of rotatable bonds is 9. The van der Waals surface area contributed by atoms with Crippen LogP contribution >= 0.6 is 11.3 Å². The van der Waals surface area contributed by atoms with E-state index in [0.717, 1.165) is 33.2 Å². The van der Waals surface area contributed by atoms with E-state index in [1.165, 1.54) is 0 Å². The fraction of sp³-hybridized carbons (Fsp3) is 0.316. The molecule has 4 heterocycles. The Bertz CT molecular complexity index is 1070. The molecule has 0 radical (unpaired) electrons. The Morgan fingerprint density at radius 2 is 2.07 bits per heavy atom. The number of H-pyrrole nitrogens is 1. The van der Waals surface area contributed by atoms with Gasteiger partial charge in [0.15, 0.2) is 11.5 Å². The van der Waals surface area contributed by atoms with Crippen molar-refractivity contribution in [1.82, 2.24) is 29.5 Å². The summed E-state index contributed by atoms with van der Waals surface area (Å²) in [6.07, 6.45) is 7.37. The second-order valence-corrected chi connectivity index (χ2v) is 7.63. The molecule has 0 unspecified atom stereocenters. The molecular formula is C19H23N7O2S. The summed E-state index contributed by atoms with van der Waals surface area (Å²) >= 11 is 1.59. The average molecular weight is 414 g/mol. The number of nitrogens with one attached hydrogen (secondary N) is 2. The molecule has 0 bridgehead atoms. The van der Waals surface area contributed by atoms with E-state index in [1.807, 2.05) is 34.8 Å². The quantitative estimate of drug-likeness (QED) is 0.332. The van der Waals surface area contributed by atoms with Crippen LogP contribution in [0.4, 0.5) is 10.8 Å². The number of anilines is 2. The minimum Gasteiger partial charge on any atom is -0.395 e. The third kappa shape index (κ3) is 4.30. The van der Waals surface area contributed by atoms with Crippen molar-refractivity contribution in [2.45, 2.75) is 13.5 Å². The lowest BCUT2D eigenvalue weighted by Gasteiger charge is -2.19. The zero-order chi connectivity index (χ0) is 20.2. The Morgan fingerprint density at radius 1 is 1.24 bits per heavy atom. The smallest absolute Gasteiger partial charge is 0.180 e. The topological polar surface area (TPSA) is 115 Å². The summed E-state index contributed by atoms with van der Waals surface area (Å²) in [5, 5.41) is 31.6. The molecule has 4 aromatic rings. The summed E-state index contributed by atoms with van der Waals surface area (Å²) in [6, 6.07) is 2.06. The van der Waals surface area contributed by atoms with Gasteiger partial charge in [-0.2, -0.15) is 5.10 Å². The summed E-state index contributed by atoms with van der Waals surface area (Å²) in [6.45, 7) is 3.82. The minimum absolute atomic E-state index is 0.0688. The van der Waals surface area contributed by atoms with E-state index in [-0.39, 0.29) is 13.2 Å². The highest BCUT2D eigenvalue weighted by Crippen LogP contribution is 2.29. The van der Waals surface area contributed by atoms with Crippen LogP contribution in [0.5, 0.6) is 0 Å². The molecule has 9 nitrogen and oxygen atoms in total. The highest BCUT2D eigenvalue weighted by atomic mass is 32.1. The number of aliphatic hydroxyl groups is 2. The zero-order valence-electron chi connectivity index (χ0n) is 16.0. The maximum absolute atomic E-state index is 9.18. The first kappa shape index (κ1) is 19.5. The first-order valence-electron chi connectivity index (χ1n) is 9.30. The van der Waals surface area contributed by atoms with Crippen LogP contribution in [0.2, 0.25) is 0 Å². The van der Waals surface area contributed by atoms with E-state index in [1.54, 1.807) is 17.5 Å². The van der Waals surface area contributed by atoms with E-state index in [9.17, 15) is 10.2 Å². The lowest BCUT2D eigenvalue weighted by atomic mass is 10.3. The van der Waals surface area contributed by atoms with Crippen molar-refractivity contribution in [2.75, 3.05) is 31.6 Å². The van der Waals surface area contributed by atoms with E-state index in [0.29, 0.717) is 25.5 Å². The molecule has 29 heavy (non-hydrogen) atoms. The summed E-state index contributed by atoms with van der Waals surface area (Å²) in [7, 11) is 0. The third-order valence-corrected chi connectivity index (χ3v) is 5.44. The molecule has 152 valence electrons. The molecule has 10 heteroatoms. The number of aromatic nitrogens is 5. The lowest BCUT2D eigenvalue weighted by Crippen LogP contribution is -2.29. The maximum atomic E-state index is 9.18. The van der Waals surface area contributed by atoms with Gasteiger partial charge in [-0.3, -0.25) is 14.4 Å². The molecule has 0 amide bonds. The monoisotopic (exact) mass is 413 g/mol. The van der Waals surface area contributed by atoms with Crippen LogP contribution in [0.1, 0.15) is 11.3 Å². The molecule has 0 saturated carbocycles. The third-order valence-electron chi connectivity index (χ3n) is 4.54. The highest BCUT2D eigenvalue weighted by molar-refractivity contribution is 7.14. The zero-order valence-corrected chi connectivity index (χ0v) is 16.9. The second kappa shape index (κ2) is 8.70. The number of aliphatic hydroxyl groups excluding tert-OH is 2. The molecule has 0 aliphatic heterocycles. The number of fused-ring (bicyclic) bond motifs is 1. The SMILES string of the molecule is Cc1cn2c(-c3cn[nH]c3)cnc2c(Nc2cc(CN(CCO)CCO)cs2)n1. The summed E-state index contributed by atoms with van der Waals surface area (Å²) in [5.41, 5.74) is 4.63. The van der Waals surface area contributed by atoms with Gasteiger partial charge in [0.25, 0.3) is 0 Å². The molecule has 0 aliphatic rings. The van der Waals surface area contributed by atoms with Gasteiger partial charge in [0.2, 0.25) is 0 Å². The molecule has 4 rings (SSSR count). The number of aromatic amines is 1. The number of thiophene rings is 1. The summed E-state index contributed by atoms with van der Waals surface area (Å²) in [4.78, 5) is 11.2. The second-order valence-electron chi connectivity index (χ2n) is 6.72. The van der Waals surface area contributed by atoms with Gasteiger partial charge in [-0.05, 0) is 23.9 Å². The van der Waals surface area contributed by atoms with E-state index in [4.69, 9.17) is 0 Å². The van der Waals surface area contributed by atoms with Crippen LogP contribution in [0.3, 0.4) is 0 Å². The van der Waals surface area contributed by atoms with Crippen LogP contribution < -0.4 is 5.32 Å². The first-order chi connectivity index (χ1) is 14.2. The van der Waals surface area contributed by atoms with Crippen LogP contribution in [0, 0.1) is 6.92 Å². The van der Waals surface area contributed by atoms with Crippen LogP contribution in [0.15, 0.2) is 36.2 Å². The van der Waals surface area contributed by atoms with Crippen molar-refractivity contribution in [1.29, 1.82) is 0 Å². The first-order valence-corrected chi connectivity index (χ1v) is 10.2. The van der Waals surface area contributed by atoms with Gasteiger partial charge < -0.3 is 15.5 Å². The maximum Gasteiger partial charge on any atom is 0.180 e. The van der Waals surface area contributed by atoms with Crippen molar-refractivity contribution < 1.29 is 10.2 Å². The van der Waals surface area contributed by atoms with Crippen LogP contribution in [-0.4, -0.2) is 66.0 Å². The van der Waals surface area contributed by atoms with Gasteiger partial charge >= 0.3 is 0 Å². The van der Waals surface area contributed by atoms with Crippen molar-refractivity contribution >= 4 is 27.8 Å². The fourth-order valence-electron chi connectivity index (χ4n) is 3.25. The van der Waals surface area contributed by atoms with Gasteiger partial charge in [-0.25, -0.2) is 9.97 Å². The standard InChI is InChI=1S/C19H23N7O2S/c1-13-10-26-16(15-7-21-22-8-15)9-20-19(26)18(23-13)24-17-6-14(12-29-17)11-25(2-4-27)3-5-28/h6-10,12,27-28H,2-5,11H2,1H3,(H,21,22)(H,23,24). The number of hydrogen-bond acceptors (Lipinski definition) is 8. The Morgan fingerprint density at radius 3 is 2.79 bits per heavy atom. The molecular weight excluding hydrogens is 390 g/mol. The largest absolute Gasteiger partial charge is 0.395 e.